The minimum Gasteiger partial charge on any atom is -0.476 e. The van der Waals surface area contributed by atoms with Gasteiger partial charge >= 0.3 is 0 Å². The van der Waals surface area contributed by atoms with Gasteiger partial charge in [-0.1, -0.05) is 0 Å². The third kappa shape index (κ3) is 3.57. The van der Waals surface area contributed by atoms with Gasteiger partial charge < -0.3 is 9.64 Å². The summed E-state index contributed by atoms with van der Waals surface area (Å²) in [5.41, 5.74) is 1.11. The normalized spacial score (nSPS) is 18.9. The third-order valence-corrected chi connectivity index (χ3v) is 4.61. The van der Waals surface area contributed by atoms with Gasteiger partial charge in [0.1, 0.15) is 5.82 Å². The Balaban J connectivity index is 1.24. The number of ether oxygens (including phenoxy) is 1. The lowest BCUT2D eigenvalue weighted by Crippen LogP contribution is -2.36. The molecule has 0 atom stereocenters. The van der Waals surface area contributed by atoms with E-state index in [4.69, 9.17) is 4.74 Å². The van der Waals surface area contributed by atoms with Crippen LogP contribution in [0, 0.1) is 5.92 Å². The van der Waals surface area contributed by atoms with Gasteiger partial charge in [0.15, 0.2) is 0 Å². The molecule has 0 amide bonds. The molecule has 4 rings (SSSR count). The van der Waals surface area contributed by atoms with Crippen LogP contribution in [0.15, 0.2) is 30.7 Å². The molecular weight excluding hydrogens is 290 g/mol. The highest BCUT2D eigenvalue weighted by Gasteiger charge is 2.25. The zero-order valence-electron chi connectivity index (χ0n) is 13.1. The summed E-state index contributed by atoms with van der Waals surface area (Å²) >= 11 is 0. The lowest BCUT2D eigenvalue weighted by Gasteiger charge is -2.32. The molecule has 0 bridgehead atoms. The van der Waals surface area contributed by atoms with Gasteiger partial charge in [0.2, 0.25) is 5.88 Å². The molecule has 2 aromatic rings. The molecule has 2 aromatic heterocycles. The van der Waals surface area contributed by atoms with E-state index < -0.39 is 0 Å². The van der Waals surface area contributed by atoms with Crippen LogP contribution in [0.4, 0.5) is 5.82 Å². The summed E-state index contributed by atoms with van der Waals surface area (Å²) in [6.45, 7) is 2.71. The largest absolute Gasteiger partial charge is 0.476 e. The van der Waals surface area contributed by atoms with Gasteiger partial charge in [-0.2, -0.15) is 5.10 Å². The molecule has 1 saturated carbocycles. The van der Waals surface area contributed by atoms with E-state index in [9.17, 15) is 0 Å². The maximum atomic E-state index is 5.82. The number of rotatable bonds is 5. The molecule has 2 fully saturated rings. The fourth-order valence-electron chi connectivity index (χ4n) is 2.99. The average molecular weight is 311 g/mol. The number of piperidine rings is 1. The van der Waals surface area contributed by atoms with E-state index in [0.717, 1.165) is 37.4 Å². The number of nitrogens with zero attached hydrogens (tertiary/aromatic N) is 5. The van der Waals surface area contributed by atoms with Crippen LogP contribution in [0.25, 0.3) is 0 Å². The monoisotopic (exact) mass is 311 g/mol. The third-order valence-electron chi connectivity index (χ3n) is 4.61. The SMILES string of the molecule is c1cnc(N2CCC(COc3ccc(C4CC4)nn3)CC2)cn1. The first kappa shape index (κ1) is 14.4. The van der Waals surface area contributed by atoms with Crippen molar-refractivity contribution in [3.05, 3.63) is 36.4 Å². The minimum absolute atomic E-state index is 0.563. The van der Waals surface area contributed by atoms with Crippen molar-refractivity contribution in [1.29, 1.82) is 0 Å². The fraction of sp³-hybridized carbons (Fsp3) is 0.529. The summed E-state index contributed by atoms with van der Waals surface area (Å²) in [6, 6.07) is 4.01. The van der Waals surface area contributed by atoms with Gasteiger partial charge in [-0.05, 0) is 37.7 Å². The number of hydrogen-bond donors (Lipinski definition) is 0. The highest BCUT2D eigenvalue weighted by Crippen LogP contribution is 2.38. The van der Waals surface area contributed by atoms with E-state index in [2.05, 4.69) is 31.1 Å². The molecule has 0 N–H and O–H groups in total. The van der Waals surface area contributed by atoms with Crippen LogP contribution >= 0.6 is 0 Å². The first-order valence-corrected chi connectivity index (χ1v) is 8.36. The predicted molar refractivity (Wildman–Crippen MR) is 86.5 cm³/mol. The fourth-order valence-corrected chi connectivity index (χ4v) is 2.99. The maximum absolute atomic E-state index is 5.82. The molecular formula is C17H21N5O. The summed E-state index contributed by atoms with van der Waals surface area (Å²) in [5.74, 6) is 2.81. The lowest BCUT2D eigenvalue weighted by atomic mass is 9.98. The van der Waals surface area contributed by atoms with E-state index in [0.29, 0.717) is 24.3 Å². The molecule has 0 aromatic carbocycles. The quantitative estimate of drug-likeness (QED) is 0.845. The highest BCUT2D eigenvalue weighted by molar-refractivity contribution is 5.35. The summed E-state index contributed by atoms with van der Waals surface area (Å²) in [5, 5.41) is 8.44. The van der Waals surface area contributed by atoms with Gasteiger partial charge in [-0.3, -0.25) is 4.98 Å². The van der Waals surface area contributed by atoms with Crippen molar-refractivity contribution in [2.75, 3.05) is 24.6 Å². The van der Waals surface area contributed by atoms with Crippen molar-refractivity contribution in [2.45, 2.75) is 31.6 Å². The standard InChI is InChI=1S/C17H21N5O/c1-2-14(1)15-3-4-17(21-20-15)23-12-13-5-9-22(10-6-13)16-11-18-7-8-19-16/h3-4,7-8,11,13-14H,1-2,5-6,9-10,12H2. The average Bonchev–Trinajstić information content (AvgIpc) is 3.47. The van der Waals surface area contributed by atoms with E-state index in [-0.39, 0.29) is 0 Å². The van der Waals surface area contributed by atoms with Crippen molar-refractivity contribution < 1.29 is 4.74 Å². The van der Waals surface area contributed by atoms with Crippen LogP contribution in [0.1, 0.15) is 37.3 Å². The highest BCUT2D eigenvalue weighted by atomic mass is 16.5. The molecule has 120 valence electrons. The van der Waals surface area contributed by atoms with E-state index >= 15 is 0 Å². The Kier molecular flexibility index (Phi) is 4.05. The lowest BCUT2D eigenvalue weighted by molar-refractivity contribution is 0.214. The Labute approximate surface area is 135 Å². The molecule has 6 heteroatoms. The first-order chi connectivity index (χ1) is 11.4. The van der Waals surface area contributed by atoms with Crippen LogP contribution in [0.2, 0.25) is 0 Å². The molecule has 23 heavy (non-hydrogen) atoms. The number of hydrogen-bond acceptors (Lipinski definition) is 6. The Morgan fingerprint density at radius 2 is 1.91 bits per heavy atom. The Morgan fingerprint density at radius 3 is 2.57 bits per heavy atom. The topological polar surface area (TPSA) is 64.0 Å². The Morgan fingerprint density at radius 1 is 1.04 bits per heavy atom. The predicted octanol–water partition coefficient (Wildman–Crippen LogP) is 2.44. The van der Waals surface area contributed by atoms with Gasteiger partial charge in [-0.25, -0.2) is 4.98 Å². The summed E-state index contributed by atoms with van der Waals surface area (Å²) in [4.78, 5) is 10.8. The Bertz CT molecular complexity index is 621. The van der Waals surface area contributed by atoms with E-state index in [1.165, 1.54) is 12.8 Å². The van der Waals surface area contributed by atoms with Gasteiger partial charge in [0.25, 0.3) is 0 Å². The molecule has 3 heterocycles. The summed E-state index contributed by atoms with van der Waals surface area (Å²) in [7, 11) is 0. The van der Waals surface area contributed by atoms with Gasteiger partial charge in [0.05, 0.1) is 18.5 Å². The summed E-state index contributed by atoms with van der Waals surface area (Å²) in [6.07, 6.45) is 9.98. The molecule has 1 aliphatic heterocycles. The number of aromatic nitrogens is 4. The molecule has 2 aliphatic rings. The van der Waals surface area contributed by atoms with Crippen LogP contribution in [-0.4, -0.2) is 39.9 Å². The second kappa shape index (κ2) is 6.48. The molecule has 1 aliphatic carbocycles. The molecule has 0 spiro atoms. The molecule has 6 nitrogen and oxygen atoms in total. The first-order valence-electron chi connectivity index (χ1n) is 8.36. The second-order valence-electron chi connectivity index (χ2n) is 6.38. The molecule has 0 radical (unpaired) electrons. The van der Waals surface area contributed by atoms with Crippen molar-refractivity contribution in [1.82, 2.24) is 20.2 Å². The second-order valence-corrected chi connectivity index (χ2v) is 6.38. The van der Waals surface area contributed by atoms with Gasteiger partial charge in [0, 0.05) is 37.5 Å². The summed E-state index contributed by atoms with van der Waals surface area (Å²) < 4.78 is 5.82. The molecule has 0 unspecified atom stereocenters. The number of anilines is 1. The Hall–Kier alpha value is -2.24. The zero-order chi connectivity index (χ0) is 15.5. The van der Waals surface area contributed by atoms with Crippen molar-refractivity contribution >= 4 is 5.82 Å². The van der Waals surface area contributed by atoms with Crippen molar-refractivity contribution in [3.63, 3.8) is 0 Å². The zero-order valence-corrected chi connectivity index (χ0v) is 13.1. The van der Waals surface area contributed by atoms with Gasteiger partial charge in [-0.15, -0.1) is 5.10 Å². The maximum Gasteiger partial charge on any atom is 0.233 e. The van der Waals surface area contributed by atoms with Crippen LogP contribution in [-0.2, 0) is 0 Å². The molecule has 1 saturated heterocycles. The van der Waals surface area contributed by atoms with E-state index in [1.807, 2.05) is 12.3 Å². The van der Waals surface area contributed by atoms with Crippen molar-refractivity contribution in [3.8, 4) is 5.88 Å². The smallest absolute Gasteiger partial charge is 0.233 e. The van der Waals surface area contributed by atoms with E-state index in [1.54, 1.807) is 12.4 Å². The van der Waals surface area contributed by atoms with Crippen LogP contribution in [0.3, 0.4) is 0 Å². The van der Waals surface area contributed by atoms with Crippen molar-refractivity contribution in [2.24, 2.45) is 5.92 Å². The van der Waals surface area contributed by atoms with Crippen LogP contribution < -0.4 is 9.64 Å². The van der Waals surface area contributed by atoms with Crippen LogP contribution in [0.5, 0.6) is 5.88 Å². The minimum atomic E-state index is 0.563.